The highest BCUT2D eigenvalue weighted by Gasteiger charge is 2.15. The lowest BCUT2D eigenvalue weighted by Crippen LogP contribution is -2.55. The predicted octanol–water partition coefficient (Wildman–Crippen LogP) is -0.402. The molecule has 1 atom stereocenters. The van der Waals surface area contributed by atoms with Crippen LogP contribution in [0, 0.1) is 0 Å². The molecule has 0 saturated carbocycles. The Bertz CT molecular complexity index is 387. The van der Waals surface area contributed by atoms with Crippen molar-refractivity contribution in [3.8, 4) is 0 Å². The molecule has 80 valence electrons. The van der Waals surface area contributed by atoms with Crippen molar-refractivity contribution in [2.24, 2.45) is 0 Å². The first-order valence-electron chi connectivity index (χ1n) is 5.31. The molecule has 0 fully saturated rings. The van der Waals surface area contributed by atoms with E-state index in [1.165, 1.54) is 17.5 Å². The van der Waals surface area contributed by atoms with Crippen LogP contribution in [0.2, 0.25) is 0 Å². The van der Waals surface area contributed by atoms with E-state index in [0.29, 0.717) is 0 Å². The van der Waals surface area contributed by atoms with Crippen molar-refractivity contribution >= 4 is 5.97 Å². The number of carboxylic acids is 1. The van der Waals surface area contributed by atoms with Gasteiger partial charge in [-0.1, -0.05) is 12.1 Å². The van der Waals surface area contributed by atoms with Gasteiger partial charge in [-0.3, -0.25) is 0 Å². The first-order chi connectivity index (χ1) is 7.16. The Morgan fingerprint density at radius 2 is 2.13 bits per heavy atom. The van der Waals surface area contributed by atoms with Crippen molar-refractivity contribution in [3.05, 3.63) is 34.9 Å². The predicted molar refractivity (Wildman–Crippen MR) is 53.7 cm³/mol. The summed E-state index contributed by atoms with van der Waals surface area (Å²) in [7, 11) is 0. The molecule has 1 aliphatic rings. The summed E-state index contributed by atoms with van der Waals surface area (Å²) in [5, 5.41) is 10.5. The van der Waals surface area contributed by atoms with Crippen LogP contribution in [0.4, 0.5) is 0 Å². The van der Waals surface area contributed by atoms with E-state index in [-0.39, 0.29) is 12.5 Å². The first-order valence-corrected chi connectivity index (χ1v) is 5.31. The van der Waals surface area contributed by atoms with Gasteiger partial charge in [0.25, 0.3) is 0 Å². The third-order valence-electron chi connectivity index (χ3n) is 3.01. The maximum absolute atomic E-state index is 10.5. The number of carbonyl (C=O) groups excluding carboxylic acids is 1. The quantitative estimate of drug-likeness (QED) is 0.729. The Morgan fingerprint density at radius 1 is 1.40 bits per heavy atom. The van der Waals surface area contributed by atoms with Crippen molar-refractivity contribution in [3.63, 3.8) is 0 Å². The van der Waals surface area contributed by atoms with Crippen LogP contribution in [-0.2, 0) is 17.6 Å². The summed E-state index contributed by atoms with van der Waals surface area (Å²) in [6.07, 6.45) is 3.47. The number of hydrogen-bond donors (Lipinski definition) is 1. The standard InChI is InChI=1S/C12H15NO2/c13-11(7-12(14)15)10-5-4-8-2-1-3-9(8)6-10/h4-6,11H,1-3,7,13H2,(H,14,15)/t11-/m1/s1. The van der Waals surface area contributed by atoms with Gasteiger partial charge < -0.3 is 15.6 Å². The summed E-state index contributed by atoms with van der Waals surface area (Å²) in [6.45, 7) is 0. The molecule has 0 saturated heterocycles. The highest BCUT2D eigenvalue weighted by atomic mass is 16.4. The average molecular weight is 205 g/mol. The van der Waals surface area contributed by atoms with Crippen LogP contribution < -0.4 is 10.8 Å². The number of aliphatic carboxylic acids is 1. The molecular formula is C12H15NO2. The third kappa shape index (κ3) is 2.18. The maximum Gasteiger partial charge on any atom is 0.115 e. The molecule has 3 nitrogen and oxygen atoms in total. The zero-order valence-corrected chi connectivity index (χ0v) is 8.66. The SMILES string of the molecule is [NH3+][C@H](CC(=O)[O-])c1ccc2c(c1)CCC2. The highest BCUT2D eigenvalue weighted by molar-refractivity contribution is 5.65. The lowest BCUT2D eigenvalue weighted by molar-refractivity contribution is -0.430. The largest absolute Gasteiger partial charge is 0.550 e. The molecule has 0 amide bonds. The molecule has 0 spiro atoms. The van der Waals surface area contributed by atoms with Gasteiger partial charge in [-0.2, -0.15) is 0 Å². The average Bonchev–Trinajstić information content (AvgIpc) is 2.62. The van der Waals surface area contributed by atoms with Crippen molar-refractivity contribution in [1.82, 2.24) is 0 Å². The van der Waals surface area contributed by atoms with Crippen molar-refractivity contribution in [1.29, 1.82) is 0 Å². The zero-order chi connectivity index (χ0) is 10.8. The summed E-state index contributed by atoms with van der Waals surface area (Å²) in [6, 6.07) is 6.00. The Labute approximate surface area is 88.9 Å². The van der Waals surface area contributed by atoms with Gasteiger partial charge in [-0.05, 0) is 36.5 Å². The lowest BCUT2D eigenvalue weighted by Gasteiger charge is -2.11. The van der Waals surface area contributed by atoms with Crippen LogP contribution in [-0.4, -0.2) is 5.97 Å². The molecule has 2 rings (SSSR count). The summed E-state index contributed by atoms with van der Waals surface area (Å²) in [4.78, 5) is 10.5. The van der Waals surface area contributed by atoms with Gasteiger partial charge in [0.15, 0.2) is 0 Å². The van der Waals surface area contributed by atoms with E-state index >= 15 is 0 Å². The number of aryl methyl sites for hydroxylation is 2. The second-order valence-electron chi connectivity index (χ2n) is 4.15. The first kappa shape index (κ1) is 10.2. The van der Waals surface area contributed by atoms with Crippen LogP contribution in [0.1, 0.15) is 35.6 Å². The number of carboxylic acid groups (broad SMARTS) is 1. The molecule has 15 heavy (non-hydrogen) atoms. The van der Waals surface area contributed by atoms with Gasteiger partial charge in [0, 0.05) is 18.0 Å². The van der Waals surface area contributed by atoms with Gasteiger partial charge in [0.05, 0.1) is 0 Å². The van der Waals surface area contributed by atoms with E-state index in [0.717, 1.165) is 18.4 Å². The second-order valence-corrected chi connectivity index (χ2v) is 4.15. The van der Waals surface area contributed by atoms with Crippen LogP contribution in [0.3, 0.4) is 0 Å². The molecule has 0 radical (unpaired) electrons. The minimum absolute atomic E-state index is 0.00120. The number of carbonyl (C=O) groups is 1. The number of fused-ring (bicyclic) bond motifs is 1. The van der Waals surface area contributed by atoms with Gasteiger partial charge in [0.2, 0.25) is 0 Å². The Kier molecular flexibility index (Phi) is 2.73. The highest BCUT2D eigenvalue weighted by Crippen LogP contribution is 2.24. The molecule has 0 aromatic heterocycles. The van der Waals surface area contributed by atoms with Gasteiger partial charge in [-0.25, -0.2) is 0 Å². The second kappa shape index (κ2) is 4.03. The van der Waals surface area contributed by atoms with Crippen molar-refractivity contribution < 1.29 is 15.6 Å². The van der Waals surface area contributed by atoms with E-state index in [1.807, 2.05) is 6.07 Å². The van der Waals surface area contributed by atoms with Crippen molar-refractivity contribution in [2.75, 3.05) is 0 Å². The van der Waals surface area contributed by atoms with E-state index in [9.17, 15) is 9.90 Å². The van der Waals surface area contributed by atoms with Crippen LogP contribution in [0.5, 0.6) is 0 Å². The fourth-order valence-electron chi connectivity index (χ4n) is 2.16. The van der Waals surface area contributed by atoms with Gasteiger partial charge in [0.1, 0.15) is 6.04 Å². The molecule has 1 aliphatic carbocycles. The maximum atomic E-state index is 10.5. The van der Waals surface area contributed by atoms with Gasteiger partial charge >= 0.3 is 0 Å². The Balaban J connectivity index is 2.19. The summed E-state index contributed by atoms with van der Waals surface area (Å²) in [5.74, 6) is -1.03. The smallest absolute Gasteiger partial charge is 0.115 e. The minimum Gasteiger partial charge on any atom is -0.550 e. The van der Waals surface area contributed by atoms with E-state index < -0.39 is 5.97 Å². The van der Waals surface area contributed by atoms with E-state index in [1.54, 1.807) is 0 Å². The van der Waals surface area contributed by atoms with E-state index in [2.05, 4.69) is 17.9 Å². The van der Waals surface area contributed by atoms with Gasteiger partial charge in [-0.15, -0.1) is 0 Å². The molecule has 0 aliphatic heterocycles. The number of hydrogen-bond acceptors (Lipinski definition) is 2. The van der Waals surface area contributed by atoms with Crippen LogP contribution >= 0.6 is 0 Å². The monoisotopic (exact) mass is 205 g/mol. The molecule has 0 unspecified atom stereocenters. The van der Waals surface area contributed by atoms with E-state index in [4.69, 9.17) is 0 Å². The minimum atomic E-state index is -1.03. The summed E-state index contributed by atoms with van der Waals surface area (Å²) >= 11 is 0. The summed E-state index contributed by atoms with van der Waals surface area (Å²) < 4.78 is 0. The Morgan fingerprint density at radius 3 is 2.87 bits per heavy atom. The number of benzene rings is 1. The molecule has 0 heterocycles. The Hall–Kier alpha value is -1.35. The molecule has 1 aromatic carbocycles. The molecular weight excluding hydrogens is 190 g/mol. The molecule has 1 aromatic rings. The fraction of sp³-hybridized carbons (Fsp3) is 0.417. The fourth-order valence-corrected chi connectivity index (χ4v) is 2.16. The van der Waals surface area contributed by atoms with Crippen LogP contribution in [0.15, 0.2) is 18.2 Å². The zero-order valence-electron chi connectivity index (χ0n) is 8.66. The summed E-state index contributed by atoms with van der Waals surface area (Å²) in [5.41, 5.74) is 7.63. The third-order valence-corrected chi connectivity index (χ3v) is 3.01. The van der Waals surface area contributed by atoms with Crippen molar-refractivity contribution in [2.45, 2.75) is 31.7 Å². The topological polar surface area (TPSA) is 67.8 Å². The van der Waals surface area contributed by atoms with Crippen LogP contribution in [0.25, 0.3) is 0 Å². The molecule has 0 bridgehead atoms. The number of quaternary nitrogens is 1. The lowest BCUT2D eigenvalue weighted by atomic mass is 10.00. The molecule has 3 heteroatoms. The normalized spacial score (nSPS) is 16.1. The number of rotatable bonds is 3. The molecule has 3 N–H and O–H groups in total.